The first kappa shape index (κ1) is 18.2. The fourth-order valence-electron chi connectivity index (χ4n) is 2.93. The number of carbonyl (C=O) groups excluding carboxylic acids is 1. The van der Waals surface area contributed by atoms with Gasteiger partial charge in [0.15, 0.2) is 0 Å². The minimum absolute atomic E-state index is 0.196. The summed E-state index contributed by atoms with van der Waals surface area (Å²) in [6, 6.07) is 10.8. The minimum Gasteiger partial charge on any atom is -0.439 e. The van der Waals surface area contributed by atoms with Gasteiger partial charge in [-0.05, 0) is 62.4 Å². The smallest absolute Gasteiger partial charge is 0.319 e. The Kier molecular flexibility index (Phi) is 6.07. The van der Waals surface area contributed by atoms with Gasteiger partial charge in [-0.1, -0.05) is 6.07 Å². The van der Waals surface area contributed by atoms with Crippen LogP contribution in [0.5, 0.6) is 11.6 Å². The second kappa shape index (κ2) is 8.67. The van der Waals surface area contributed by atoms with Gasteiger partial charge in [-0.25, -0.2) is 9.78 Å². The molecule has 0 aliphatic carbocycles. The van der Waals surface area contributed by atoms with Gasteiger partial charge in [-0.15, -0.1) is 0 Å². The second-order valence-corrected chi connectivity index (χ2v) is 6.71. The quantitative estimate of drug-likeness (QED) is 0.846. The number of hydrogen-bond donors (Lipinski definition) is 2. The topological polar surface area (TPSA) is 72.5 Å². The van der Waals surface area contributed by atoms with E-state index in [0.29, 0.717) is 29.8 Å². The lowest BCUT2D eigenvalue weighted by molar-refractivity contribution is 0.00354. The molecule has 0 unspecified atom stereocenters. The lowest BCUT2D eigenvalue weighted by Gasteiger charge is -2.27. The predicted octanol–water partition coefficient (Wildman–Crippen LogP) is 4.12. The van der Waals surface area contributed by atoms with Crippen LogP contribution in [0.1, 0.15) is 25.3 Å². The summed E-state index contributed by atoms with van der Waals surface area (Å²) in [6.45, 7) is 5.49. The van der Waals surface area contributed by atoms with E-state index in [-0.39, 0.29) is 12.1 Å². The largest absolute Gasteiger partial charge is 0.439 e. The Balaban J connectivity index is 1.46. The standard InChI is InChI=1S/C20H25N3O3/c1-14-3-8-19(21-12-14)26-18-6-4-17(5-7-18)23-20(24)22-13-16-9-10-25-15(2)11-16/h3-8,12,15-16H,9-11,13H2,1-2H3,(H2,22,23,24)/t15-,16-/m0/s1. The lowest BCUT2D eigenvalue weighted by Crippen LogP contribution is -2.36. The van der Waals surface area contributed by atoms with Gasteiger partial charge in [0.2, 0.25) is 5.88 Å². The number of hydrogen-bond acceptors (Lipinski definition) is 4. The van der Waals surface area contributed by atoms with E-state index in [9.17, 15) is 4.79 Å². The molecule has 1 fully saturated rings. The number of benzene rings is 1. The number of rotatable bonds is 5. The van der Waals surface area contributed by atoms with Crippen LogP contribution in [0.3, 0.4) is 0 Å². The predicted molar refractivity (Wildman–Crippen MR) is 101 cm³/mol. The van der Waals surface area contributed by atoms with E-state index in [2.05, 4.69) is 22.5 Å². The number of amides is 2. The first-order valence-corrected chi connectivity index (χ1v) is 8.95. The van der Waals surface area contributed by atoms with Crippen molar-refractivity contribution in [3.8, 4) is 11.6 Å². The number of nitrogens with one attached hydrogen (secondary N) is 2. The summed E-state index contributed by atoms with van der Waals surface area (Å²) in [5.74, 6) is 1.69. The van der Waals surface area contributed by atoms with Crippen LogP contribution in [0.15, 0.2) is 42.6 Å². The van der Waals surface area contributed by atoms with Gasteiger partial charge in [0, 0.05) is 31.1 Å². The number of anilines is 1. The number of pyridine rings is 1. The van der Waals surface area contributed by atoms with Crippen LogP contribution >= 0.6 is 0 Å². The molecule has 0 radical (unpaired) electrons. The van der Waals surface area contributed by atoms with Gasteiger partial charge in [-0.2, -0.15) is 0 Å². The third-order valence-electron chi connectivity index (χ3n) is 4.36. The van der Waals surface area contributed by atoms with Crippen molar-refractivity contribution in [3.05, 3.63) is 48.2 Å². The molecule has 0 saturated carbocycles. The summed E-state index contributed by atoms with van der Waals surface area (Å²) < 4.78 is 11.2. The highest BCUT2D eigenvalue weighted by molar-refractivity contribution is 5.89. The van der Waals surface area contributed by atoms with Crippen molar-refractivity contribution in [2.75, 3.05) is 18.5 Å². The molecule has 0 bridgehead atoms. The molecule has 2 heterocycles. The van der Waals surface area contributed by atoms with E-state index in [1.54, 1.807) is 30.5 Å². The molecule has 138 valence electrons. The summed E-state index contributed by atoms with van der Waals surface area (Å²) in [5.41, 5.74) is 1.80. The minimum atomic E-state index is -0.196. The molecule has 6 nitrogen and oxygen atoms in total. The Hall–Kier alpha value is -2.60. The Morgan fingerprint density at radius 3 is 2.77 bits per heavy atom. The van der Waals surface area contributed by atoms with E-state index >= 15 is 0 Å². The molecule has 1 aromatic carbocycles. The Morgan fingerprint density at radius 1 is 1.27 bits per heavy atom. The first-order chi connectivity index (χ1) is 12.6. The molecule has 2 atom stereocenters. The van der Waals surface area contributed by atoms with Crippen molar-refractivity contribution in [3.63, 3.8) is 0 Å². The van der Waals surface area contributed by atoms with Crippen molar-refractivity contribution in [2.45, 2.75) is 32.8 Å². The Bertz CT molecular complexity index is 716. The van der Waals surface area contributed by atoms with Crippen molar-refractivity contribution in [2.24, 2.45) is 5.92 Å². The molecule has 1 aromatic heterocycles. The highest BCUT2D eigenvalue weighted by atomic mass is 16.5. The van der Waals surface area contributed by atoms with E-state index in [4.69, 9.17) is 9.47 Å². The van der Waals surface area contributed by atoms with E-state index in [1.807, 2.05) is 19.1 Å². The maximum Gasteiger partial charge on any atom is 0.319 e. The summed E-state index contributed by atoms with van der Waals surface area (Å²) in [6.07, 6.45) is 4.01. The number of ether oxygens (including phenoxy) is 2. The van der Waals surface area contributed by atoms with Crippen LogP contribution < -0.4 is 15.4 Å². The average Bonchev–Trinajstić information content (AvgIpc) is 2.64. The molecule has 0 spiro atoms. The molecule has 1 aliphatic heterocycles. The van der Waals surface area contributed by atoms with E-state index in [1.165, 1.54) is 0 Å². The van der Waals surface area contributed by atoms with Crippen molar-refractivity contribution < 1.29 is 14.3 Å². The van der Waals surface area contributed by atoms with Crippen LogP contribution in [0, 0.1) is 12.8 Å². The first-order valence-electron chi connectivity index (χ1n) is 8.95. The van der Waals surface area contributed by atoms with Crippen molar-refractivity contribution in [1.82, 2.24) is 10.3 Å². The molecule has 2 aromatic rings. The molecular weight excluding hydrogens is 330 g/mol. The van der Waals surface area contributed by atoms with E-state index < -0.39 is 0 Å². The zero-order chi connectivity index (χ0) is 18.4. The zero-order valence-corrected chi connectivity index (χ0v) is 15.2. The number of urea groups is 1. The highest BCUT2D eigenvalue weighted by Gasteiger charge is 2.19. The fourth-order valence-corrected chi connectivity index (χ4v) is 2.93. The maximum absolute atomic E-state index is 12.0. The monoisotopic (exact) mass is 355 g/mol. The molecule has 1 aliphatic rings. The molecule has 26 heavy (non-hydrogen) atoms. The Labute approximate surface area is 153 Å². The third kappa shape index (κ3) is 5.46. The maximum atomic E-state index is 12.0. The molecule has 6 heteroatoms. The highest BCUT2D eigenvalue weighted by Crippen LogP contribution is 2.22. The Morgan fingerprint density at radius 2 is 2.08 bits per heavy atom. The lowest BCUT2D eigenvalue weighted by atomic mass is 9.96. The third-order valence-corrected chi connectivity index (χ3v) is 4.36. The van der Waals surface area contributed by atoms with Crippen LogP contribution in [0.4, 0.5) is 10.5 Å². The molecular formula is C20H25N3O3. The van der Waals surface area contributed by atoms with Gasteiger partial charge in [0.1, 0.15) is 5.75 Å². The molecule has 3 rings (SSSR count). The van der Waals surface area contributed by atoms with Crippen molar-refractivity contribution in [1.29, 1.82) is 0 Å². The van der Waals surface area contributed by atoms with Gasteiger partial charge in [0.25, 0.3) is 0 Å². The summed E-state index contributed by atoms with van der Waals surface area (Å²) in [5, 5.41) is 5.77. The normalized spacial score (nSPS) is 19.6. The van der Waals surface area contributed by atoms with Crippen LogP contribution in [-0.4, -0.2) is 30.3 Å². The van der Waals surface area contributed by atoms with Gasteiger partial charge >= 0.3 is 6.03 Å². The average molecular weight is 355 g/mol. The number of aryl methyl sites for hydroxylation is 1. The summed E-state index contributed by atoms with van der Waals surface area (Å²) >= 11 is 0. The molecule has 2 N–H and O–H groups in total. The summed E-state index contributed by atoms with van der Waals surface area (Å²) in [7, 11) is 0. The van der Waals surface area contributed by atoms with Crippen LogP contribution in [0.2, 0.25) is 0 Å². The zero-order valence-electron chi connectivity index (χ0n) is 15.2. The van der Waals surface area contributed by atoms with Gasteiger partial charge < -0.3 is 20.1 Å². The molecule has 1 saturated heterocycles. The number of nitrogens with zero attached hydrogens (tertiary/aromatic N) is 1. The van der Waals surface area contributed by atoms with Crippen LogP contribution in [0.25, 0.3) is 0 Å². The SMILES string of the molecule is Cc1ccc(Oc2ccc(NC(=O)NC[C@H]3CCO[C@@H](C)C3)cc2)nc1. The van der Waals surface area contributed by atoms with Gasteiger partial charge in [0.05, 0.1) is 6.10 Å². The van der Waals surface area contributed by atoms with Crippen molar-refractivity contribution >= 4 is 11.7 Å². The molecule has 2 amide bonds. The second-order valence-electron chi connectivity index (χ2n) is 6.71. The fraction of sp³-hybridized carbons (Fsp3) is 0.400. The number of carbonyl (C=O) groups is 1. The summed E-state index contributed by atoms with van der Waals surface area (Å²) in [4.78, 5) is 16.3. The van der Waals surface area contributed by atoms with Gasteiger partial charge in [-0.3, -0.25) is 0 Å². The number of aromatic nitrogens is 1. The van der Waals surface area contributed by atoms with E-state index in [0.717, 1.165) is 25.0 Å². The van der Waals surface area contributed by atoms with Crippen LogP contribution in [-0.2, 0) is 4.74 Å².